The van der Waals surface area contributed by atoms with Gasteiger partial charge in [-0.15, -0.1) is 0 Å². The second kappa shape index (κ2) is 6.54. The van der Waals surface area contributed by atoms with Crippen molar-refractivity contribution in [3.63, 3.8) is 0 Å². The molecule has 0 saturated carbocycles. The maximum atomic E-state index is 5.41. The molecule has 5 nitrogen and oxygen atoms in total. The van der Waals surface area contributed by atoms with Crippen LogP contribution in [0.4, 0.5) is 5.82 Å². The zero-order valence-corrected chi connectivity index (χ0v) is 11.9. The average molecular weight is 253 g/mol. The third kappa shape index (κ3) is 4.87. The monoisotopic (exact) mass is 253 g/mol. The number of nitrogens with zero attached hydrogens (tertiary/aromatic N) is 2. The highest BCUT2D eigenvalue weighted by atomic mass is 16.5. The van der Waals surface area contributed by atoms with Crippen molar-refractivity contribution in [1.29, 1.82) is 0 Å². The number of ether oxygens (including phenoxy) is 2. The van der Waals surface area contributed by atoms with E-state index in [1.807, 2.05) is 6.92 Å². The topological polar surface area (TPSA) is 56.3 Å². The molecular formula is C13H23N3O2. The van der Waals surface area contributed by atoms with Gasteiger partial charge in [-0.05, 0) is 34.1 Å². The van der Waals surface area contributed by atoms with Gasteiger partial charge in [0.05, 0.1) is 12.2 Å². The normalized spacial score (nSPS) is 13.2. The van der Waals surface area contributed by atoms with Crippen LogP contribution in [-0.2, 0) is 4.74 Å². The SMILES string of the molecule is CCOc1cc(NC(C)CC(C)(C)OC)ncn1. The summed E-state index contributed by atoms with van der Waals surface area (Å²) in [6.07, 6.45) is 2.39. The number of anilines is 1. The molecule has 1 aromatic heterocycles. The van der Waals surface area contributed by atoms with E-state index in [2.05, 4.69) is 36.1 Å². The molecule has 0 aliphatic heterocycles. The number of rotatable bonds is 7. The summed E-state index contributed by atoms with van der Waals surface area (Å²) in [7, 11) is 1.73. The van der Waals surface area contributed by atoms with Crippen molar-refractivity contribution in [2.75, 3.05) is 19.0 Å². The summed E-state index contributed by atoms with van der Waals surface area (Å²) in [4.78, 5) is 8.20. The van der Waals surface area contributed by atoms with E-state index in [4.69, 9.17) is 9.47 Å². The summed E-state index contributed by atoms with van der Waals surface area (Å²) < 4.78 is 10.7. The van der Waals surface area contributed by atoms with Gasteiger partial charge in [0.2, 0.25) is 5.88 Å². The van der Waals surface area contributed by atoms with Gasteiger partial charge in [0.1, 0.15) is 12.1 Å². The first-order valence-electron chi connectivity index (χ1n) is 6.23. The van der Waals surface area contributed by atoms with E-state index in [1.165, 1.54) is 6.33 Å². The van der Waals surface area contributed by atoms with Crippen molar-refractivity contribution < 1.29 is 9.47 Å². The molecule has 0 aliphatic rings. The van der Waals surface area contributed by atoms with Crippen LogP contribution in [0.25, 0.3) is 0 Å². The summed E-state index contributed by atoms with van der Waals surface area (Å²) in [5.74, 6) is 1.36. The molecule has 102 valence electrons. The fraction of sp³-hybridized carbons (Fsp3) is 0.692. The van der Waals surface area contributed by atoms with Crippen molar-refractivity contribution in [3.8, 4) is 5.88 Å². The molecule has 1 N–H and O–H groups in total. The maximum absolute atomic E-state index is 5.41. The minimum absolute atomic E-state index is 0.151. The van der Waals surface area contributed by atoms with Crippen LogP contribution in [0.5, 0.6) is 5.88 Å². The number of hydrogen-bond acceptors (Lipinski definition) is 5. The maximum Gasteiger partial charge on any atom is 0.218 e. The van der Waals surface area contributed by atoms with Gasteiger partial charge in [0.25, 0.3) is 0 Å². The highest BCUT2D eigenvalue weighted by molar-refractivity contribution is 5.37. The number of methoxy groups -OCH3 is 1. The van der Waals surface area contributed by atoms with Crippen LogP contribution < -0.4 is 10.1 Å². The van der Waals surface area contributed by atoms with Gasteiger partial charge in [-0.3, -0.25) is 0 Å². The molecule has 0 fully saturated rings. The molecule has 1 unspecified atom stereocenters. The number of nitrogens with one attached hydrogen (secondary N) is 1. The minimum Gasteiger partial charge on any atom is -0.478 e. The van der Waals surface area contributed by atoms with Crippen molar-refractivity contribution in [3.05, 3.63) is 12.4 Å². The van der Waals surface area contributed by atoms with Gasteiger partial charge >= 0.3 is 0 Å². The number of aromatic nitrogens is 2. The van der Waals surface area contributed by atoms with E-state index in [9.17, 15) is 0 Å². The van der Waals surface area contributed by atoms with Gasteiger partial charge in [-0.2, -0.15) is 0 Å². The third-order valence-electron chi connectivity index (χ3n) is 2.68. The molecule has 0 spiro atoms. The van der Waals surface area contributed by atoms with Crippen LogP contribution >= 0.6 is 0 Å². The number of hydrogen-bond donors (Lipinski definition) is 1. The zero-order valence-electron chi connectivity index (χ0n) is 11.9. The molecule has 0 radical (unpaired) electrons. The predicted molar refractivity (Wildman–Crippen MR) is 72.0 cm³/mol. The lowest BCUT2D eigenvalue weighted by atomic mass is 10.00. The fourth-order valence-electron chi connectivity index (χ4n) is 1.77. The lowest BCUT2D eigenvalue weighted by molar-refractivity contribution is 0.0128. The van der Waals surface area contributed by atoms with Crippen LogP contribution in [-0.4, -0.2) is 35.3 Å². The van der Waals surface area contributed by atoms with Crippen molar-refractivity contribution in [2.24, 2.45) is 0 Å². The Labute approximate surface area is 109 Å². The van der Waals surface area contributed by atoms with Crippen LogP contribution in [0, 0.1) is 0 Å². The molecule has 0 aromatic carbocycles. The quantitative estimate of drug-likeness (QED) is 0.809. The van der Waals surface area contributed by atoms with E-state index >= 15 is 0 Å². The summed E-state index contributed by atoms with van der Waals surface area (Å²) in [5, 5.41) is 3.32. The van der Waals surface area contributed by atoms with Crippen LogP contribution in [0.2, 0.25) is 0 Å². The van der Waals surface area contributed by atoms with Gasteiger partial charge < -0.3 is 14.8 Å². The Morgan fingerprint density at radius 1 is 1.39 bits per heavy atom. The lowest BCUT2D eigenvalue weighted by Gasteiger charge is -2.27. The summed E-state index contributed by atoms with van der Waals surface area (Å²) in [6, 6.07) is 2.06. The minimum atomic E-state index is -0.151. The lowest BCUT2D eigenvalue weighted by Crippen LogP contribution is -2.31. The first-order valence-corrected chi connectivity index (χ1v) is 6.23. The molecule has 0 amide bonds. The van der Waals surface area contributed by atoms with Gasteiger partial charge in [-0.25, -0.2) is 9.97 Å². The second-order valence-electron chi connectivity index (χ2n) is 4.89. The van der Waals surface area contributed by atoms with Crippen molar-refractivity contribution in [2.45, 2.75) is 45.8 Å². The Morgan fingerprint density at radius 2 is 2.11 bits per heavy atom. The zero-order chi connectivity index (χ0) is 13.6. The summed E-state index contributed by atoms with van der Waals surface area (Å²) >= 11 is 0. The Bertz CT molecular complexity index is 369. The van der Waals surface area contributed by atoms with E-state index in [0.717, 1.165) is 12.2 Å². The van der Waals surface area contributed by atoms with E-state index in [-0.39, 0.29) is 11.6 Å². The molecule has 0 saturated heterocycles. The largest absolute Gasteiger partial charge is 0.478 e. The smallest absolute Gasteiger partial charge is 0.218 e. The molecule has 1 atom stereocenters. The first-order chi connectivity index (χ1) is 8.46. The van der Waals surface area contributed by atoms with Gasteiger partial charge in [-0.1, -0.05) is 0 Å². The molecule has 1 rings (SSSR count). The standard InChI is InChI=1S/C13H23N3O2/c1-6-18-12-7-11(14-9-15-12)16-10(2)8-13(3,4)17-5/h7,9-10H,6,8H2,1-5H3,(H,14,15,16). The Balaban J connectivity index is 2.58. The molecule has 1 heterocycles. The van der Waals surface area contributed by atoms with Crippen molar-refractivity contribution in [1.82, 2.24) is 9.97 Å². The average Bonchev–Trinajstić information content (AvgIpc) is 2.29. The van der Waals surface area contributed by atoms with E-state index < -0.39 is 0 Å². The molecule has 5 heteroatoms. The third-order valence-corrected chi connectivity index (χ3v) is 2.68. The fourth-order valence-corrected chi connectivity index (χ4v) is 1.77. The summed E-state index contributed by atoms with van der Waals surface area (Å²) in [5.41, 5.74) is -0.151. The highest BCUT2D eigenvalue weighted by Gasteiger charge is 2.20. The summed E-state index contributed by atoms with van der Waals surface area (Å²) in [6.45, 7) is 8.76. The van der Waals surface area contributed by atoms with E-state index in [1.54, 1.807) is 13.2 Å². The Hall–Kier alpha value is -1.36. The molecule has 0 aliphatic carbocycles. The van der Waals surface area contributed by atoms with Crippen molar-refractivity contribution >= 4 is 5.82 Å². The molecular weight excluding hydrogens is 230 g/mol. The van der Waals surface area contributed by atoms with Crippen LogP contribution in [0.3, 0.4) is 0 Å². The van der Waals surface area contributed by atoms with E-state index in [0.29, 0.717) is 12.5 Å². The highest BCUT2D eigenvalue weighted by Crippen LogP contribution is 2.19. The second-order valence-corrected chi connectivity index (χ2v) is 4.89. The molecule has 18 heavy (non-hydrogen) atoms. The first kappa shape index (κ1) is 14.7. The van der Waals surface area contributed by atoms with Crippen LogP contribution in [0.15, 0.2) is 12.4 Å². The van der Waals surface area contributed by atoms with Gasteiger partial charge in [0.15, 0.2) is 0 Å². The Morgan fingerprint density at radius 3 is 2.72 bits per heavy atom. The van der Waals surface area contributed by atoms with Gasteiger partial charge in [0, 0.05) is 19.2 Å². The van der Waals surface area contributed by atoms with Crippen LogP contribution in [0.1, 0.15) is 34.1 Å². The Kier molecular flexibility index (Phi) is 5.34. The predicted octanol–water partition coefficient (Wildman–Crippen LogP) is 2.49. The molecule has 0 bridgehead atoms. The molecule has 1 aromatic rings.